The molecule has 0 nitrogen and oxygen atoms in total. The molecule has 5 rings (SSSR count). The van der Waals surface area contributed by atoms with Crippen molar-refractivity contribution in [2.24, 2.45) is 5.92 Å². The summed E-state index contributed by atoms with van der Waals surface area (Å²) in [5.41, 5.74) is 8.83. The molecule has 3 atom stereocenters. The van der Waals surface area contributed by atoms with Gasteiger partial charge in [0.15, 0.2) is 0 Å². The van der Waals surface area contributed by atoms with Crippen molar-refractivity contribution in [2.45, 2.75) is 50.9 Å². The van der Waals surface area contributed by atoms with Crippen LogP contribution in [0.15, 0.2) is 72.8 Å². The zero-order valence-electron chi connectivity index (χ0n) is 18.7. The fourth-order valence-electron chi connectivity index (χ4n) is 5.93. The Kier molecular flexibility index (Phi) is 6.24. The van der Waals surface area contributed by atoms with Gasteiger partial charge in [0, 0.05) is 0 Å². The Morgan fingerprint density at radius 2 is 1.61 bits per heavy atom. The van der Waals surface area contributed by atoms with Gasteiger partial charge in [-0.3, -0.25) is 0 Å². The maximum absolute atomic E-state index is 2.67. The van der Waals surface area contributed by atoms with Crippen LogP contribution in [0.25, 0.3) is 22.4 Å². The Labute approximate surface area is 200 Å². The predicted molar refractivity (Wildman–Crippen MR) is 142 cm³/mol. The third-order valence-electron chi connectivity index (χ3n) is 7.60. The van der Waals surface area contributed by atoms with E-state index in [-0.39, 0.29) is 18.9 Å². The summed E-state index contributed by atoms with van der Waals surface area (Å²) in [6.45, 7) is 9.94. The molecule has 0 aliphatic heterocycles. The first-order chi connectivity index (χ1) is 14.5. The number of hydrogen-bond donors (Lipinski definition) is 0. The van der Waals surface area contributed by atoms with Gasteiger partial charge in [0.05, 0.1) is 8.07 Å². The van der Waals surface area contributed by atoms with Crippen molar-refractivity contribution in [2.75, 3.05) is 0 Å². The monoisotopic (exact) mass is 416 g/mol. The molecular weight excluding hydrogens is 383 g/mol. The van der Waals surface area contributed by atoms with E-state index in [0.29, 0.717) is 17.0 Å². The molecule has 3 aromatic rings. The fourth-order valence-corrected chi connectivity index (χ4v) is 9.63. The Morgan fingerprint density at radius 1 is 0.871 bits per heavy atom. The molecule has 3 unspecified atom stereocenters. The standard InChI is InChI=1S/C29H32Si.Li.H/c1-5-10-20(2)27-19-29(25-14-9-8-13-23(25)27)30(3,4)28-18-17-24-22-12-7-6-11-21(22)15-16-26(24)28;;/h6-9,11-20,28-29H,5,10H2,1-4H3;;. The first-order valence-corrected chi connectivity index (χ1v) is 14.7. The van der Waals surface area contributed by atoms with Crippen molar-refractivity contribution < 1.29 is 0 Å². The van der Waals surface area contributed by atoms with E-state index in [1.807, 2.05) is 0 Å². The van der Waals surface area contributed by atoms with Gasteiger partial charge in [-0.15, -0.1) is 0 Å². The van der Waals surface area contributed by atoms with E-state index in [1.54, 1.807) is 16.7 Å². The number of allylic oxidation sites excluding steroid dienone is 3. The molecule has 154 valence electrons. The molecule has 0 fully saturated rings. The molecule has 3 aromatic carbocycles. The summed E-state index contributed by atoms with van der Waals surface area (Å²) in [6, 6.07) is 22.8. The maximum atomic E-state index is 2.67. The van der Waals surface area contributed by atoms with Crippen LogP contribution in [0.5, 0.6) is 0 Å². The fraction of sp³-hybridized carbons (Fsp3) is 0.310. The molecule has 0 amide bonds. The van der Waals surface area contributed by atoms with E-state index in [4.69, 9.17) is 0 Å². The summed E-state index contributed by atoms with van der Waals surface area (Å²) in [5.74, 6) is 0.640. The molecule has 2 aliphatic rings. The first kappa shape index (κ1) is 22.4. The van der Waals surface area contributed by atoms with Crippen LogP contribution in [0.2, 0.25) is 13.1 Å². The molecule has 2 heteroatoms. The quantitative estimate of drug-likeness (QED) is 0.374. The zero-order chi connectivity index (χ0) is 20.9. The van der Waals surface area contributed by atoms with Gasteiger partial charge >= 0.3 is 18.9 Å². The first-order valence-electron chi connectivity index (χ1n) is 11.5. The van der Waals surface area contributed by atoms with Crippen LogP contribution >= 0.6 is 0 Å². The summed E-state index contributed by atoms with van der Waals surface area (Å²) in [4.78, 5) is 0. The molecule has 0 spiro atoms. The number of hydrogen-bond acceptors (Lipinski definition) is 0. The van der Waals surface area contributed by atoms with Gasteiger partial charge in [-0.05, 0) is 62.0 Å². The number of rotatable bonds is 5. The van der Waals surface area contributed by atoms with Gasteiger partial charge in [-0.25, -0.2) is 0 Å². The molecular formula is C29H33LiSi. The normalized spacial score (nSPS) is 20.2. The second-order valence-electron chi connectivity index (χ2n) is 9.82. The Hall–Kier alpha value is -1.79. The van der Waals surface area contributed by atoms with E-state index in [2.05, 4.69) is 106 Å². The van der Waals surface area contributed by atoms with Gasteiger partial charge in [0.1, 0.15) is 0 Å². The molecule has 31 heavy (non-hydrogen) atoms. The van der Waals surface area contributed by atoms with Crippen molar-refractivity contribution in [3.63, 3.8) is 0 Å². The minimum absolute atomic E-state index is 0. The van der Waals surface area contributed by atoms with E-state index in [1.165, 1.54) is 34.7 Å². The van der Waals surface area contributed by atoms with Crippen LogP contribution in [0, 0.1) is 5.92 Å². The van der Waals surface area contributed by atoms with Crippen molar-refractivity contribution in [3.8, 4) is 0 Å². The third-order valence-corrected chi connectivity index (χ3v) is 11.8. The summed E-state index contributed by atoms with van der Waals surface area (Å²) < 4.78 is 0. The van der Waals surface area contributed by atoms with Gasteiger partial charge in [-0.1, -0.05) is 112 Å². The third kappa shape index (κ3) is 3.62. The van der Waals surface area contributed by atoms with Crippen LogP contribution in [0.3, 0.4) is 0 Å². The van der Waals surface area contributed by atoms with Gasteiger partial charge in [0.25, 0.3) is 0 Å². The topological polar surface area (TPSA) is 0 Å². The van der Waals surface area contributed by atoms with Crippen molar-refractivity contribution in [1.29, 1.82) is 0 Å². The average Bonchev–Trinajstić information content (AvgIpc) is 3.37. The summed E-state index contributed by atoms with van der Waals surface area (Å²) in [6.07, 6.45) is 10.1. The molecule has 0 saturated carbocycles. The van der Waals surface area contributed by atoms with Crippen molar-refractivity contribution in [1.82, 2.24) is 0 Å². The second-order valence-corrected chi connectivity index (χ2v) is 14.7. The van der Waals surface area contributed by atoms with Crippen LogP contribution in [-0.4, -0.2) is 26.9 Å². The van der Waals surface area contributed by atoms with Crippen LogP contribution < -0.4 is 0 Å². The molecule has 0 N–H and O–H groups in total. The Balaban J connectivity index is 0.00000231. The average molecular weight is 417 g/mol. The summed E-state index contributed by atoms with van der Waals surface area (Å²) >= 11 is 0. The Morgan fingerprint density at radius 3 is 2.42 bits per heavy atom. The van der Waals surface area contributed by atoms with Crippen LogP contribution in [0.4, 0.5) is 0 Å². The molecule has 0 aromatic heterocycles. The molecule has 0 heterocycles. The minimum atomic E-state index is -1.70. The molecule has 2 aliphatic carbocycles. The van der Waals surface area contributed by atoms with Gasteiger partial charge < -0.3 is 0 Å². The molecule has 0 saturated heterocycles. The SMILES string of the molecule is CCCC(C)C1=CC([Si](C)(C)C2C=Cc3c2ccc2ccccc32)c2ccccc21.[LiH]. The van der Waals surface area contributed by atoms with Gasteiger partial charge in [0.2, 0.25) is 0 Å². The van der Waals surface area contributed by atoms with Crippen LogP contribution in [-0.2, 0) is 0 Å². The van der Waals surface area contributed by atoms with Crippen LogP contribution in [0.1, 0.15) is 60.0 Å². The van der Waals surface area contributed by atoms with E-state index >= 15 is 0 Å². The Bertz CT molecular complexity index is 1170. The van der Waals surface area contributed by atoms with Crippen molar-refractivity contribution >= 4 is 49.4 Å². The van der Waals surface area contributed by atoms with E-state index in [0.717, 1.165) is 0 Å². The summed E-state index contributed by atoms with van der Waals surface area (Å²) in [5, 5.41) is 2.75. The van der Waals surface area contributed by atoms with E-state index < -0.39 is 8.07 Å². The molecule has 0 bridgehead atoms. The van der Waals surface area contributed by atoms with Crippen molar-refractivity contribution in [3.05, 3.63) is 95.1 Å². The molecule has 0 radical (unpaired) electrons. The zero-order valence-corrected chi connectivity index (χ0v) is 19.7. The van der Waals surface area contributed by atoms with Gasteiger partial charge in [-0.2, -0.15) is 0 Å². The summed E-state index contributed by atoms with van der Waals surface area (Å²) in [7, 11) is -1.70. The second kappa shape index (κ2) is 8.63. The number of fused-ring (bicyclic) bond motifs is 4. The number of benzene rings is 3. The van der Waals surface area contributed by atoms with E-state index in [9.17, 15) is 0 Å². The predicted octanol–water partition coefficient (Wildman–Crippen LogP) is 7.71.